The lowest BCUT2D eigenvalue weighted by Crippen LogP contribution is -2.31. The van der Waals surface area contributed by atoms with Crippen molar-refractivity contribution in [2.75, 3.05) is 13.2 Å². The molecule has 1 saturated carbocycles. The van der Waals surface area contributed by atoms with Gasteiger partial charge in [0.05, 0.1) is 4.90 Å². The molecule has 0 aliphatic heterocycles. The number of hydrogen-bond donors (Lipinski definition) is 2. The first-order chi connectivity index (χ1) is 10.4. The molecule has 6 nitrogen and oxygen atoms in total. The Morgan fingerprint density at radius 1 is 1.32 bits per heavy atom. The molecule has 2 aromatic rings. The Hall–Kier alpha value is -1.70. The van der Waals surface area contributed by atoms with Crippen LogP contribution in [-0.4, -0.2) is 31.7 Å². The van der Waals surface area contributed by atoms with Crippen molar-refractivity contribution in [3.8, 4) is 11.3 Å². The average molecular weight is 322 g/mol. The third kappa shape index (κ3) is 3.06. The van der Waals surface area contributed by atoms with Crippen LogP contribution < -0.4 is 4.72 Å². The second kappa shape index (κ2) is 5.49. The van der Waals surface area contributed by atoms with E-state index in [2.05, 4.69) is 9.71 Å². The van der Waals surface area contributed by atoms with Gasteiger partial charge in [-0.1, -0.05) is 12.1 Å². The largest absolute Gasteiger partial charge is 0.449 e. The lowest BCUT2D eigenvalue weighted by molar-refractivity contribution is 0.213. The zero-order valence-corrected chi connectivity index (χ0v) is 13.1. The number of rotatable bonds is 6. The maximum absolute atomic E-state index is 12.2. The molecule has 1 aromatic carbocycles. The van der Waals surface area contributed by atoms with Crippen LogP contribution in [0.5, 0.6) is 0 Å². The fraction of sp³-hybridized carbons (Fsp3) is 0.400. The van der Waals surface area contributed by atoms with E-state index in [9.17, 15) is 13.5 Å². The van der Waals surface area contributed by atoms with Crippen LogP contribution in [0.1, 0.15) is 18.7 Å². The van der Waals surface area contributed by atoms with Gasteiger partial charge in [0.1, 0.15) is 12.0 Å². The fourth-order valence-electron chi connectivity index (χ4n) is 2.20. The highest BCUT2D eigenvalue weighted by molar-refractivity contribution is 7.89. The van der Waals surface area contributed by atoms with Gasteiger partial charge in [0, 0.05) is 31.1 Å². The SMILES string of the molecule is Cc1nc(-c2ccc(S(=O)(=O)NCC3(CO)CC3)cc2)co1. The van der Waals surface area contributed by atoms with Crippen LogP contribution in [0, 0.1) is 12.3 Å². The Kier molecular flexibility index (Phi) is 3.80. The minimum atomic E-state index is -3.56. The first kappa shape index (κ1) is 15.2. The monoisotopic (exact) mass is 322 g/mol. The third-order valence-corrected chi connectivity index (χ3v) is 5.43. The first-order valence-electron chi connectivity index (χ1n) is 7.07. The molecule has 0 unspecified atom stereocenters. The van der Waals surface area contributed by atoms with E-state index in [0.717, 1.165) is 18.4 Å². The van der Waals surface area contributed by atoms with Crippen molar-refractivity contribution in [3.05, 3.63) is 36.4 Å². The molecule has 1 fully saturated rings. The van der Waals surface area contributed by atoms with E-state index in [1.165, 1.54) is 6.26 Å². The highest BCUT2D eigenvalue weighted by Crippen LogP contribution is 2.44. The van der Waals surface area contributed by atoms with E-state index in [0.29, 0.717) is 11.6 Å². The summed E-state index contributed by atoms with van der Waals surface area (Å²) in [7, 11) is -3.56. The zero-order chi connectivity index (χ0) is 15.8. The Balaban J connectivity index is 1.74. The summed E-state index contributed by atoms with van der Waals surface area (Å²) in [5.74, 6) is 0.562. The van der Waals surface area contributed by atoms with Crippen LogP contribution in [-0.2, 0) is 10.0 Å². The van der Waals surface area contributed by atoms with Crippen LogP contribution in [0.4, 0.5) is 0 Å². The number of aliphatic hydroxyl groups excluding tert-OH is 1. The molecule has 0 amide bonds. The van der Waals surface area contributed by atoms with Gasteiger partial charge < -0.3 is 9.52 Å². The van der Waals surface area contributed by atoms with E-state index in [1.54, 1.807) is 31.2 Å². The molecule has 0 bridgehead atoms. The summed E-state index contributed by atoms with van der Waals surface area (Å²) in [6, 6.07) is 6.48. The summed E-state index contributed by atoms with van der Waals surface area (Å²) in [6.07, 6.45) is 3.25. The van der Waals surface area contributed by atoms with E-state index < -0.39 is 10.0 Å². The first-order valence-corrected chi connectivity index (χ1v) is 8.56. The van der Waals surface area contributed by atoms with Crippen molar-refractivity contribution < 1.29 is 17.9 Å². The zero-order valence-electron chi connectivity index (χ0n) is 12.2. The van der Waals surface area contributed by atoms with Gasteiger partial charge in [-0.05, 0) is 25.0 Å². The quantitative estimate of drug-likeness (QED) is 0.844. The lowest BCUT2D eigenvalue weighted by Gasteiger charge is -2.13. The van der Waals surface area contributed by atoms with Gasteiger partial charge in [-0.25, -0.2) is 18.1 Å². The third-order valence-electron chi connectivity index (χ3n) is 4.01. The second-order valence-corrected chi connectivity index (χ2v) is 7.53. The Labute approximate surface area is 129 Å². The number of oxazole rings is 1. The summed E-state index contributed by atoms with van der Waals surface area (Å²) < 4.78 is 32.2. The molecule has 0 spiro atoms. The molecule has 118 valence electrons. The number of sulfonamides is 1. The standard InChI is InChI=1S/C15H18N2O4S/c1-11-17-14(8-21-11)12-2-4-13(5-3-12)22(19,20)16-9-15(10-18)6-7-15/h2-5,8,16,18H,6-7,9-10H2,1H3. The normalized spacial score (nSPS) is 16.6. The van der Waals surface area contributed by atoms with E-state index >= 15 is 0 Å². The van der Waals surface area contributed by atoms with Crippen molar-refractivity contribution in [1.82, 2.24) is 9.71 Å². The van der Waals surface area contributed by atoms with Crippen LogP contribution in [0.25, 0.3) is 11.3 Å². The molecule has 3 rings (SSSR count). The molecule has 2 N–H and O–H groups in total. The number of benzene rings is 1. The highest BCUT2D eigenvalue weighted by Gasteiger charge is 2.42. The Morgan fingerprint density at radius 3 is 2.50 bits per heavy atom. The molecule has 22 heavy (non-hydrogen) atoms. The van der Waals surface area contributed by atoms with Crippen molar-refractivity contribution in [2.45, 2.75) is 24.7 Å². The molecule has 1 aliphatic carbocycles. The predicted octanol–water partition coefficient (Wildman–Crippen LogP) is 1.70. The number of nitrogens with zero attached hydrogens (tertiary/aromatic N) is 1. The Bertz CT molecular complexity index is 761. The lowest BCUT2D eigenvalue weighted by atomic mass is 10.1. The van der Waals surface area contributed by atoms with Crippen molar-refractivity contribution >= 4 is 10.0 Å². The molecule has 1 heterocycles. The van der Waals surface area contributed by atoms with E-state index in [-0.39, 0.29) is 23.5 Å². The number of aromatic nitrogens is 1. The number of nitrogens with one attached hydrogen (secondary N) is 1. The van der Waals surface area contributed by atoms with Gasteiger partial charge in [-0.3, -0.25) is 0 Å². The van der Waals surface area contributed by atoms with Crippen LogP contribution in [0.3, 0.4) is 0 Å². The topological polar surface area (TPSA) is 92.4 Å². The smallest absolute Gasteiger partial charge is 0.240 e. The number of aliphatic hydroxyl groups is 1. The molecule has 1 aromatic heterocycles. The van der Waals surface area contributed by atoms with Crippen molar-refractivity contribution in [3.63, 3.8) is 0 Å². The van der Waals surface area contributed by atoms with Crippen molar-refractivity contribution in [1.29, 1.82) is 0 Å². The summed E-state index contributed by atoms with van der Waals surface area (Å²) in [6.45, 7) is 2.04. The minimum Gasteiger partial charge on any atom is -0.449 e. The van der Waals surface area contributed by atoms with Gasteiger partial charge in [-0.15, -0.1) is 0 Å². The number of aryl methyl sites for hydroxylation is 1. The van der Waals surface area contributed by atoms with Gasteiger partial charge in [-0.2, -0.15) is 0 Å². The molecule has 0 saturated heterocycles. The molecular weight excluding hydrogens is 304 g/mol. The van der Waals surface area contributed by atoms with Gasteiger partial charge >= 0.3 is 0 Å². The summed E-state index contributed by atoms with van der Waals surface area (Å²) in [5, 5.41) is 9.24. The molecule has 7 heteroatoms. The van der Waals surface area contributed by atoms with Gasteiger partial charge in [0.15, 0.2) is 5.89 Å². The maximum atomic E-state index is 12.2. The summed E-state index contributed by atoms with van der Waals surface area (Å²) in [4.78, 5) is 4.40. The van der Waals surface area contributed by atoms with Crippen LogP contribution in [0.15, 0.2) is 39.8 Å². The summed E-state index contributed by atoms with van der Waals surface area (Å²) in [5.41, 5.74) is 1.21. The van der Waals surface area contributed by atoms with Crippen LogP contribution in [0.2, 0.25) is 0 Å². The average Bonchev–Trinajstić information content (AvgIpc) is 3.19. The Morgan fingerprint density at radius 2 is 2.00 bits per heavy atom. The highest BCUT2D eigenvalue weighted by atomic mass is 32.2. The molecular formula is C15H18N2O4S. The van der Waals surface area contributed by atoms with Crippen molar-refractivity contribution in [2.24, 2.45) is 5.41 Å². The second-order valence-electron chi connectivity index (χ2n) is 5.76. The number of hydrogen-bond acceptors (Lipinski definition) is 5. The minimum absolute atomic E-state index is 0.0139. The van der Waals surface area contributed by atoms with Gasteiger partial charge in [0.25, 0.3) is 0 Å². The van der Waals surface area contributed by atoms with Gasteiger partial charge in [0.2, 0.25) is 10.0 Å². The molecule has 1 aliphatic rings. The molecule has 0 atom stereocenters. The van der Waals surface area contributed by atoms with E-state index in [4.69, 9.17) is 4.42 Å². The fourth-order valence-corrected chi connectivity index (χ4v) is 3.36. The van der Waals surface area contributed by atoms with E-state index in [1.807, 2.05) is 0 Å². The summed E-state index contributed by atoms with van der Waals surface area (Å²) >= 11 is 0. The maximum Gasteiger partial charge on any atom is 0.240 e. The molecule has 0 radical (unpaired) electrons. The van der Waals surface area contributed by atoms with Crippen LogP contribution >= 0.6 is 0 Å². The predicted molar refractivity (Wildman–Crippen MR) is 80.6 cm³/mol.